The maximum Gasteiger partial charge on any atom is 0.138 e. The minimum atomic E-state index is 1.51. The maximum absolute atomic E-state index is 3.80. The van der Waals surface area contributed by atoms with Gasteiger partial charge in [0.1, 0.15) is 12.7 Å². The molecule has 7 heavy (non-hydrogen) atoms. The zero-order chi connectivity index (χ0) is 5.11. The van der Waals surface area contributed by atoms with Crippen molar-refractivity contribution in [1.29, 1.82) is 0 Å². The number of hydrogen-bond acceptors (Lipinski definition) is 3. The van der Waals surface area contributed by atoms with Gasteiger partial charge in [-0.25, -0.2) is 4.98 Å². The van der Waals surface area contributed by atoms with Crippen LogP contribution in [0.4, 0.5) is 0 Å². The molecule has 0 aliphatic heterocycles. The maximum atomic E-state index is 3.80. The molecule has 0 aromatic carbocycles. The highest BCUT2D eigenvalue weighted by Gasteiger charge is 1.79. The molecule has 3 nitrogen and oxygen atoms in total. The Kier molecular flexibility index (Phi) is 1.31. The molecular weight excluding hydrogens is 110 g/mol. The van der Waals surface area contributed by atoms with Gasteiger partial charge in [-0.05, 0) is 11.9 Å². The molecule has 1 aromatic rings. The molecule has 1 heterocycles. The average molecular weight is 115 g/mol. The lowest BCUT2D eigenvalue weighted by Gasteiger charge is -1.84. The van der Waals surface area contributed by atoms with Crippen LogP contribution in [0.15, 0.2) is 12.7 Å². The first-order valence-corrected chi connectivity index (χ1v) is 3.01. The molecule has 0 atom stereocenters. The molecule has 1 aromatic heterocycles. The van der Waals surface area contributed by atoms with Crippen molar-refractivity contribution in [3.63, 3.8) is 0 Å². The van der Waals surface area contributed by atoms with Gasteiger partial charge in [0.25, 0.3) is 0 Å². The second kappa shape index (κ2) is 1.97. The Morgan fingerprint density at radius 2 is 2.57 bits per heavy atom. The average Bonchev–Trinajstić information content (AvgIpc) is 2.14. The molecule has 0 unspecified atom stereocenters. The fourth-order valence-electron chi connectivity index (χ4n) is 0.292. The van der Waals surface area contributed by atoms with Crippen LogP contribution in [0, 0.1) is 0 Å². The summed E-state index contributed by atoms with van der Waals surface area (Å²) in [4.78, 5) is 3.72. The largest absolute Gasteiger partial charge is 0.222 e. The van der Waals surface area contributed by atoms with Crippen LogP contribution in [0.3, 0.4) is 0 Å². The Labute approximate surface area is 45.9 Å². The third-order valence-corrected chi connectivity index (χ3v) is 1.15. The zero-order valence-corrected chi connectivity index (χ0v) is 4.72. The molecule has 0 spiro atoms. The van der Waals surface area contributed by atoms with Crippen molar-refractivity contribution >= 4 is 11.9 Å². The summed E-state index contributed by atoms with van der Waals surface area (Å²) in [7, 11) is 0. The fraction of sp³-hybridized carbons (Fsp3) is 0.333. The lowest BCUT2D eigenvalue weighted by Crippen LogP contribution is -1.81. The van der Waals surface area contributed by atoms with Crippen LogP contribution in [0.2, 0.25) is 0 Å². The van der Waals surface area contributed by atoms with E-state index in [2.05, 4.69) is 10.1 Å². The van der Waals surface area contributed by atoms with E-state index in [4.69, 9.17) is 0 Å². The first-order valence-electron chi connectivity index (χ1n) is 1.82. The normalized spacial score (nSPS) is 9.29. The Morgan fingerprint density at radius 3 is 2.86 bits per heavy atom. The number of nitrogens with zero attached hydrogens (tertiary/aromatic N) is 3. The molecule has 0 aliphatic carbocycles. The van der Waals surface area contributed by atoms with Crippen molar-refractivity contribution in [1.82, 2.24) is 14.2 Å². The van der Waals surface area contributed by atoms with E-state index in [0.29, 0.717) is 0 Å². The molecule has 0 amide bonds. The van der Waals surface area contributed by atoms with Crippen LogP contribution >= 0.6 is 11.9 Å². The third-order valence-electron chi connectivity index (χ3n) is 0.585. The van der Waals surface area contributed by atoms with E-state index in [1.54, 1.807) is 10.4 Å². The summed E-state index contributed by atoms with van der Waals surface area (Å²) in [6.07, 6.45) is 5.11. The second-order valence-corrected chi connectivity index (χ2v) is 1.72. The lowest BCUT2D eigenvalue weighted by atomic mass is 11.3. The summed E-state index contributed by atoms with van der Waals surface area (Å²) in [5, 5.41) is 3.80. The van der Waals surface area contributed by atoms with Gasteiger partial charge < -0.3 is 0 Å². The predicted octanol–water partition coefficient (Wildman–Crippen LogP) is 0.404. The van der Waals surface area contributed by atoms with E-state index in [0.717, 1.165) is 0 Å². The summed E-state index contributed by atoms with van der Waals surface area (Å²) in [5.74, 6) is 0. The van der Waals surface area contributed by atoms with Crippen LogP contribution < -0.4 is 0 Å². The van der Waals surface area contributed by atoms with Gasteiger partial charge in [-0.1, -0.05) is 0 Å². The van der Waals surface area contributed by atoms with Gasteiger partial charge in [-0.2, -0.15) is 4.09 Å². The van der Waals surface area contributed by atoms with E-state index in [1.165, 1.54) is 18.3 Å². The highest BCUT2D eigenvalue weighted by Crippen LogP contribution is 1.91. The predicted molar refractivity (Wildman–Crippen MR) is 28.9 cm³/mol. The first-order chi connectivity index (χ1) is 3.43. The van der Waals surface area contributed by atoms with Crippen LogP contribution in [0.1, 0.15) is 0 Å². The summed E-state index contributed by atoms with van der Waals surface area (Å²) < 4.78 is 1.68. The minimum Gasteiger partial charge on any atom is -0.222 e. The Bertz CT molecular complexity index is 125. The Hall–Kier alpha value is -0.510. The number of rotatable bonds is 1. The Balaban J connectivity index is 2.76. The highest BCUT2D eigenvalue weighted by atomic mass is 32.2. The summed E-state index contributed by atoms with van der Waals surface area (Å²) >= 11 is 1.52. The molecule has 0 fully saturated rings. The van der Waals surface area contributed by atoms with Gasteiger partial charge in [-0.3, -0.25) is 0 Å². The molecule has 0 radical (unpaired) electrons. The lowest BCUT2D eigenvalue weighted by molar-refractivity contribution is 1.01. The topological polar surface area (TPSA) is 30.7 Å². The van der Waals surface area contributed by atoms with E-state index in [-0.39, 0.29) is 0 Å². The number of hydrogen-bond donors (Lipinski definition) is 0. The van der Waals surface area contributed by atoms with Gasteiger partial charge in [0, 0.05) is 6.26 Å². The second-order valence-electron chi connectivity index (χ2n) is 0.981. The molecular formula is C3H5N3S. The van der Waals surface area contributed by atoms with Crippen molar-refractivity contribution < 1.29 is 0 Å². The van der Waals surface area contributed by atoms with E-state index in [9.17, 15) is 0 Å². The van der Waals surface area contributed by atoms with Crippen molar-refractivity contribution in [2.75, 3.05) is 6.26 Å². The molecule has 0 aliphatic rings. The minimum absolute atomic E-state index is 1.51. The third kappa shape index (κ3) is 0.928. The molecule has 38 valence electrons. The molecule has 0 N–H and O–H groups in total. The van der Waals surface area contributed by atoms with Gasteiger partial charge >= 0.3 is 0 Å². The van der Waals surface area contributed by atoms with Crippen LogP contribution in [0.25, 0.3) is 0 Å². The van der Waals surface area contributed by atoms with Gasteiger partial charge in [0.2, 0.25) is 0 Å². The highest BCUT2D eigenvalue weighted by molar-refractivity contribution is 7.97. The van der Waals surface area contributed by atoms with Crippen molar-refractivity contribution in [2.45, 2.75) is 0 Å². The van der Waals surface area contributed by atoms with Gasteiger partial charge in [-0.15, -0.1) is 5.10 Å². The van der Waals surface area contributed by atoms with Crippen molar-refractivity contribution in [2.24, 2.45) is 0 Å². The van der Waals surface area contributed by atoms with Gasteiger partial charge in [0.05, 0.1) is 0 Å². The monoisotopic (exact) mass is 115 g/mol. The molecule has 0 bridgehead atoms. The smallest absolute Gasteiger partial charge is 0.138 e. The standard InChI is InChI=1S/C3H5N3S/c1-7-6-3-4-2-5-6/h2-3H,1H3. The van der Waals surface area contributed by atoms with Crippen LogP contribution in [-0.4, -0.2) is 20.4 Å². The van der Waals surface area contributed by atoms with Crippen LogP contribution in [0.5, 0.6) is 0 Å². The molecule has 0 saturated carbocycles. The molecule has 0 saturated heterocycles. The van der Waals surface area contributed by atoms with Crippen LogP contribution in [-0.2, 0) is 0 Å². The quantitative estimate of drug-likeness (QED) is 0.531. The van der Waals surface area contributed by atoms with Gasteiger partial charge in [0.15, 0.2) is 0 Å². The van der Waals surface area contributed by atoms with E-state index < -0.39 is 0 Å². The summed E-state index contributed by atoms with van der Waals surface area (Å²) in [6, 6.07) is 0. The van der Waals surface area contributed by atoms with Crippen molar-refractivity contribution in [3.05, 3.63) is 12.7 Å². The molecule has 1 rings (SSSR count). The SMILES string of the molecule is CSn1cncn1. The van der Waals surface area contributed by atoms with Crippen molar-refractivity contribution in [3.8, 4) is 0 Å². The number of aromatic nitrogens is 3. The zero-order valence-electron chi connectivity index (χ0n) is 3.90. The summed E-state index contributed by atoms with van der Waals surface area (Å²) in [6.45, 7) is 0. The molecule has 4 heteroatoms. The van der Waals surface area contributed by atoms with E-state index in [1.807, 2.05) is 6.26 Å². The summed E-state index contributed by atoms with van der Waals surface area (Å²) in [5.41, 5.74) is 0. The van der Waals surface area contributed by atoms with E-state index >= 15 is 0 Å². The Morgan fingerprint density at radius 1 is 1.71 bits per heavy atom. The first kappa shape index (κ1) is 4.64. The fourth-order valence-corrected chi connectivity index (χ4v) is 0.577.